The summed E-state index contributed by atoms with van der Waals surface area (Å²) in [5.41, 5.74) is 1.92. The van der Waals surface area contributed by atoms with Gasteiger partial charge in [0.15, 0.2) is 6.10 Å². The molecule has 25 heavy (non-hydrogen) atoms. The van der Waals surface area contributed by atoms with Crippen molar-refractivity contribution in [1.29, 1.82) is 0 Å². The lowest BCUT2D eigenvalue weighted by Crippen LogP contribution is -2.30. The van der Waals surface area contributed by atoms with Gasteiger partial charge in [0.2, 0.25) is 0 Å². The van der Waals surface area contributed by atoms with E-state index in [4.69, 9.17) is 4.74 Å². The van der Waals surface area contributed by atoms with Crippen molar-refractivity contribution in [2.45, 2.75) is 32.3 Å². The van der Waals surface area contributed by atoms with Crippen molar-refractivity contribution in [3.8, 4) is 5.75 Å². The molecule has 4 nitrogen and oxygen atoms in total. The van der Waals surface area contributed by atoms with Crippen LogP contribution in [0.4, 0.5) is 15.8 Å². The average molecular weight is 342 g/mol. The monoisotopic (exact) mass is 342 g/mol. The molecule has 0 aromatic heterocycles. The fraction of sp³-hybridized carbons (Fsp3) is 0.350. The second kappa shape index (κ2) is 8.01. The number of carbonyl (C=O) groups excluding carboxylic acids is 1. The molecule has 1 heterocycles. The number of hydrogen-bond acceptors (Lipinski definition) is 3. The predicted octanol–water partition coefficient (Wildman–Crippen LogP) is 4.22. The Balaban J connectivity index is 1.55. The molecule has 0 aliphatic carbocycles. The maximum absolute atomic E-state index is 12.9. The number of anilines is 2. The number of amides is 1. The third kappa shape index (κ3) is 4.72. The van der Waals surface area contributed by atoms with Crippen molar-refractivity contribution in [3.05, 3.63) is 54.3 Å². The third-order valence-corrected chi connectivity index (χ3v) is 4.35. The number of hydrogen-bond donors (Lipinski definition) is 1. The van der Waals surface area contributed by atoms with Crippen molar-refractivity contribution in [2.75, 3.05) is 23.3 Å². The molecular formula is C20H23FN2O2. The van der Waals surface area contributed by atoms with E-state index in [-0.39, 0.29) is 11.7 Å². The summed E-state index contributed by atoms with van der Waals surface area (Å²) < 4.78 is 18.4. The molecule has 2 aromatic carbocycles. The number of carbonyl (C=O) groups is 1. The van der Waals surface area contributed by atoms with Crippen molar-refractivity contribution in [1.82, 2.24) is 0 Å². The molecule has 3 rings (SSSR count). The lowest BCUT2D eigenvalue weighted by molar-refractivity contribution is -0.122. The van der Waals surface area contributed by atoms with Crippen LogP contribution in [0.15, 0.2) is 48.5 Å². The first kappa shape index (κ1) is 17.3. The smallest absolute Gasteiger partial charge is 0.265 e. The molecule has 0 spiro atoms. The Labute approximate surface area is 147 Å². The molecule has 2 aromatic rings. The van der Waals surface area contributed by atoms with Gasteiger partial charge in [-0.1, -0.05) is 0 Å². The molecular weight excluding hydrogens is 319 g/mol. The Morgan fingerprint density at radius 1 is 1.04 bits per heavy atom. The van der Waals surface area contributed by atoms with Gasteiger partial charge in [0.05, 0.1) is 0 Å². The molecule has 0 saturated carbocycles. The molecule has 132 valence electrons. The first-order valence-corrected chi connectivity index (χ1v) is 8.70. The average Bonchev–Trinajstić information content (AvgIpc) is 2.65. The van der Waals surface area contributed by atoms with Crippen LogP contribution in [0.1, 0.15) is 26.2 Å². The minimum absolute atomic E-state index is 0.241. The van der Waals surface area contributed by atoms with Crippen molar-refractivity contribution in [2.24, 2.45) is 0 Å². The molecule has 0 radical (unpaired) electrons. The van der Waals surface area contributed by atoms with Crippen LogP contribution >= 0.6 is 0 Å². The van der Waals surface area contributed by atoms with Crippen LogP contribution in [0.5, 0.6) is 5.75 Å². The van der Waals surface area contributed by atoms with E-state index < -0.39 is 6.10 Å². The van der Waals surface area contributed by atoms with Gasteiger partial charge < -0.3 is 15.0 Å². The quantitative estimate of drug-likeness (QED) is 0.884. The zero-order valence-electron chi connectivity index (χ0n) is 14.4. The molecule has 1 fully saturated rings. The topological polar surface area (TPSA) is 41.6 Å². The highest BCUT2D eigenvalue weighted by Gasteiger charge is 2.15. The largest absolute Gasteiger partial charge is 0.481 e. The highest BCUT2D eigenvalue weighted by Crippen LogP contribution is 2.22. The molecule has 1 atom stereocenters. The van der Waals surface area contributed by atoms with Crippen molar-refractivity contribution < 1.29 is 13.9 Å². The number of ether oxygens (including phenoxy) is 1. The Morgan fingerprint density at radius 2 is 1.68 bits per heavy atom. The zero-order chi connectivity index (χ0) is 17.6. The normalized spacial score (nSPS) is 15.5. The number of piperidine rings is 1. The summed E-state index contributed by atoms with van der Waals surface area (Å²) >= 11 is 0. The highest BCUT2D eigenvalue weighted by molar-refractivity contribution is 5.94. The molecule has 0 bridgehead atoms. The second-order valence-electron chi connectivity index (χ2n) is 6.30. The van der Waals surface area contributed by atoms with Crippen LogP contribution in [0, 0.1) is 5.82 Å². The summed E-state index contributed by atoms with van der Waals surface area (Å²) in [4.78, 5) is 14.6. The Morgan fingerprint density at radius 3 is 2.32 bits per heavy atom. The first-order chi connectivity index (χ1) is 12.1. The van der Waals surface area contributed by atoms with Gasteiger partial charge in [0, 0.05) is 24.5 Å². The molecule has 1 aliphatic heterocycles. The van der Waals surface area contributed by atoms with Gasteiger partial charge in [-0.15, -0.1) is 0 Å². The summed E-state index contributed by atoms with van der Waals surface area (Å²) in [6.07, 6.45) is 3.09. The van der Waals surface area contributed by atoms with E-state index in [9.17, 15) is 9.18 Å². The minimum Gasteiger partial charge on any atom is -0.481 e. The molecule has 1 amide bonds. The first-order valence-electron chi connectivity index (χ1n) is 8.70. The van der Waals surface area contributed by atoms with Gasteiger partial charge in [-0.3, -0.25) is 4.79 Å². The highest BCUT2D eigenvalue weighted by atomic mass is 19.1. The van der Waals surface area contributed by atoms with E-state index in [2.05, 4.69) is 10.2 Å². The molecule has 1 saturated heterocycles. The fourth-order valence-corrected chi connectivity index (χ4v) is 2.92. The van der Waals surface area contributed by atoms with E-state index in [1.165, 1.54) is 49.2 Å². The number of benzene rings is 2. The minimum atomic E-state index is -0.674. The zero-order valence-corrected chi connectivity index (χ0v) is 14.4. The Bertz CT molecular complexity index is 695. The van der Waals surface area contributed by atoms with E-state index in [1.807, 2.05) is 24.3 Å². The third-order valence-electron chi connectivity index (χ3n) is 4.35. The summed E-state index contributed by atoms with van der Waals surface area (Å²) in [5, 5.41) is 2.85. The van der Waals surface area contributed by atoms with Gasteiger partial charge in [-0.05, 0) is 74.7 Å². The van der Waals surface area contributed by atoms with Crippen LogP contribution in [-0.4, -0.2) is 25.1 Å². The number of nitrogens with one attached hydrogen (secondary N) is 1. The Hall–Kier alpha value is -2.56. The van der Waals surface area contributed by atoms with Gasteiger partial charge in [0.1, 0.15) is 11.6 Å². The SMILES string of the molecule is C[C@H](Oc1ccc(F)cc1)C(=O)Nc1ccc(N2CCCCC2)cc1. The number of rotatable bonds is 5. The molecule has 1 aliphatic rings. The van der Waals surface area contributed by atoms with E-state index in [0.717, 1.165) is 18.8 Å². The van der Waals surface area contributed by atoms with Crippen LogP contribution in [0.3, 0.4) is 0 Å². The number of nitrogens with zero attached hydrogens (tertiary/aromatic N) is 1. The van der Waals surface area contributed by atoms with Gasteiger partial charge in [0.25, 0.3) is 5.91 Å². The number of halogens is 1. The van der Waals surface area contributed by atoms with Crippen LogP contribution in [-0.2, 0) is 4.79 Å². The van der Waals surface area contributed by atoms with Gasteiger partial charge >= 0.3 is 0 Å². The maximum atomic E-state index is 12.9. The summed E-state index contributed by atoms with van der Waals surface area (Å²) in [5.74, 6) is -0.113. The maximum Gasteiger partial charge on any atom is 0.265 e. The standard InChI is InChI=1S/C20H23FN2O2/c1-15(25-19-11-5-16(21)6-12-19)20(24)22-17-7-9-18(10-8-17)23-13-3-2-4-14-23/h5-12,15H,2-4,13-14H2,1H3,(H,22,24)/t15-/m0/s1. The summed E-state index contributed by atoms with van der Waals surface area (Å²) in [7, 11) is 0. The predicted molar refractivity (Wildman–Crippen MR) is 97.6 cm³/mol. The van der Waals surface area contributed by atoms with Gasteiger partial charge in [-0.2, -0.15) is 0 Å². The van der Waals surface area contributed by atoms with Crippen LogP contribution in [0.25, 0.3) is 0 Å². The van der Waals surface area contributed by atoms with Gasteiger partial charge in [-0.25, -0.2) is 4.39 Å². The van der Waals surface area contributed by atoms with E-state index >= 15 is 0 Å². The van der Waals surface area contributed by atoms with E-state index in [1.54, 1.807) is 6.92 Å². The Kier molecular flexibility index (Phi) is 5.53. The lowest BCUT2D eigenvalue weighted by atomic mass is 10.1. The summed E-state index contributed by atoms with van der Waals surface area (Å²) in [6.45, 7) is 3.85. The second-order valence-corrected chi connectivity index (χ2v) is 6.30. The van der Waals surface area contributed by atoms with Crippen LogP contribution < -0.4 is 15.0 Å². The molecule has 0 unspecified atom stereocenters. The summed E-state index contributed by atoms with van der Waals surface area (Å²) in [6, 6.07) is 13.5. The van der Waals surface area contributed by atoms with E-state index in [0.29, 0.717) is 5.75 Å². The fourth-order valence-electron chi connectivity index (χ4n) is 2.92. The lowest BCUT2D eigenvalue weighted by Gasteiger charge is -2.28. The molecule has 5 heteroatoms. The van der Waals surface area contributed by atoms with Crippen molar-refractivity contribution >= 4 is 17.3 Å². The molecule has 1 N–H and O–H groups in total. The van der Waals surface area contributed by atoms with Crippen LogP contribution in [0.2, 0.25) is 0 Å². The van der Waals surface area contributed by atoms with Crippen molar-refractivity contribution in [3.63, 3.8) is 0 Å².